The van der Waals surface area contributed by atoms with Crippen LogP contribution in [0, 0.1) is 6.92 Å². The average molecular weight is 392 g/mol. The Bertz CT molecular complexity index is 759. The number of nitrogens with two attached hydrogens (primary N) is 1. The van der Waals surface area contributed by atoms with Gasteiger partial charge in [-0.25, -0.2) is 18.1 Å². The molecule has 0 unspecified atom stereocenters. The number of aromatic nitrogens is 1. The number of nitrogens with zero attached hydrogens (tertiary/aromatic N) is 1. The van der Waals surface area contributed by atoms with Crippen molar-refractivity contribution < 1.29 is 13.2 Å². The van der Waals surface area contributed by atoms with Crippen LogP contribution in [0.4, 0.5) is 5.69 Å². The molecule has 3 N–H and O–H groups in total. The summed E-state index contributed by atoms with van der Waals surface area (Å²) in [5.74, 6) is 0.226. The van der Waals surface area contributed by atoms with Crippen molar-refractivity contribution in [3.05, 3.63) is 32.7 Å². The van der Waals surface area contributed by atoms with Crippen LogP contribution in [0.2, 0.25) is 0 Å². The van der Waals surface area contributed by atoms with E-state index in [2.05, 4.69) is 25.6 Å². The van der Waals surface area contributed by atoms with E-state index in [1.165, 1.54) is 30.6 Å². The molecule has 0 saturated carbocycles. The maximum absolute atomic E-state index is 12.4. The van der Waals surface area contributed by atoms with Crippen LogP contribution in [0.3, 0.4) is 0 Å². The van der Waals surface area contributed by atoms with E-state index in [1.54, 1.807) is 6.20 Å². The number of hydrogen-bond acceptors (Lipinski definition) is 6. The van der Waals surface area contributed by atoms with Crippen LogP contribution >= 0.6 is 27.3 Å². The summed E-state index contributed by atoms with van der Waals surface area (Å²) in [7, 11) is -2.32. The number of hydrogen-bond donors (Lipinski definition) is 2. The molecule has 0 spiro atoms. The number of methoxy groups -OCH3 is 1. The van der Waals surface area contributed by atoms with Gasteiger partial charge < -0.3 is 10.5 Å². The number of rotatable bonds is 5. The van der Waals surface area contributed by atoms with E-state index < -0.39 is 10.0 Å². The van der Waals surface area contributed by atoms with Crippen molar-refractivity contribution in [3.63, 3.8) is 0 Å². The van der Waals surface area contributed by atoms with E-state index in [0.717, 1.165) is 9.88 Å². The fraction of sp³-hybridized carbons (Fsp3) is 0.250. The molecule has 0 amide bonds. The van der Waals surface area contributed by atoms with Gasteiger partial charge in [0.25, 0.3) is 0 Å². The second-order valence-corrected chi connectivity index (χ2v) is 8.10. The van der Waals surface area contributed by atoms with Crippen LogP contribution in [-0.4, -0.2) is 20.5 Å². The first-order valence-corrected chi connectivity index (χ1v) is 8.96. The quantitative estimate of drug-likeness (QED) is 0.762. The second kappa shape index (κ2) is 6.30. The summed E-state index contributed by atoms with van der Waals surface area (Å²) in [4.78, 5) is 4.92. The number of benzene rings is 1. The first-order valence-electron chi connectivity index (χ1n) is 5.87. The van der Waals surface area contributed by atoms with Gasteiger partial charge in [-0.3, -0.25) is 0 Å². The summed E-state index contributed by atoms with van der Waals surface area (Å²) in [6.45, 7) is 2.04. The molecule has 1 aromatic carbocycles. The lowest BCUT2D eigenvalue weighted by Gasteiger charge is -2.12. The zero-order valence-corrected chi connectivity index (χ0v) is 14.6. The molecule has 0 fully saturated rings. The van der Waals surface area contributed by atoms with E-state index in [0.29, 0.717) is 10.2 Å². The number of nitrogen functional groups attached to an aromatic ring is 1. The Labute approximate surface area is 135 Å². The van der Waals surface area contributed by atoms with Gasteiger partial charge in [-0.05, 0) is 35.0 Å². The predicted molar refractivity (Wildman–Crippen MR) is 86.0 cm³/mol. The number of aryl methyl sites for hydroxylation is 1. The smallest absolute Gasteiger partial charge is 0.244 e. The lowest BCUT2D eigenvalue weighted by atomic mass is 10.3. The number of nitrogens with one attached hydrogen (secondary N) is 1. The highest BCUT2D eigenvalue weighted by Crippen LogP contribution is 2.32. The van der Waals surface area contributed by atoms with Crippen molar-refractivity contribution in [3.8, 4) is 5.75 Å². The highest BCUT2D eigenvalue weighted by Gasteiger charge is 2.21. The number of thiazole rings is 1. The van der Waals surface area contributed by atoms with Crippen LogP contribution in [0.15, 0.2) is 27.7 Å². The molecule has 1 heterocycles. The highest BCUT2D eigenvalue weighted by atomic mass is 79.9. The fourth-order valence-electron chi connectivity index (χ4n) is 1.65. The van der Waals surface area contributed by atoms with Crippen molar-refractivity contribution in [1.29, 1.82) is 0 Å². The minimum absolute atomic E-state index is 0.00642. The fourth-order valence-corrected chi connectivity index (χ4v) is 3.99. The van der Waals surface area contributed by atoms with Crippen LogP contribution in [-0.2, 0) is 16.6 Å². The van der Waals surface area contributed by atoms with Crippen molar-refractivity contribution in [2.24, 2.45) is 0 Å². The van der Waals surface area contributed by atoms with Gasteiger partial charge in [-0.1, -0.05) is 0 Å². The highest BCUT2D eigenvalue weighted by molar-refractivity contribution is 9.10. The number of ether oxygens (including phenoxy) is 1. The Balaban J connectivity index is 2.28. The Kier molecular flexibility index (Phi) is 4.87. The van der Waals surface area contributed by atoms with Crippen molar-refractivity contribution in [2.75, 3.05) is 12.8 Å². The molecule has 114 valence electrons. The summed E-state index contributed by atoms with van der Waals surface area (Å²) >= 11 is 4.68. The largest absolute Gasteiger partial charge is 0.495 e. The van der Waals surface area contributed by atoms with Crippen LogP contribution in [0.5, 0.6) is 5.75 Å². The Hall–Kier alpha value is -1.16. The summed E-state index contributed by atoms with van der Waals surface area (Å²) in [5, 5.41) is 0.884. The van der Waals surface area contributed by atoms with Gasteiger partial charge in [0.15, 0.2) is 0 Å². The third-order valence-electron chi connectivity index (χ3n) is 2.68. The molecule has 6 nitrogen and oxygen atoms in total. The van der Waals surface area contributed by atoms with Gasteiger partial charge in [-0.2, -0.15) is 0 Å². The summed E-state index contributed by atoms with van der Waals surface area (Å²) < 4.78 is 33.0. The van der Waals surface area contributed by atoms with Crippen LogP contribution in [0.1, 0.15) is 9.88 Å². The molecule has 1 aromatic heterocycles. The third-order valence-corrected chi connectivity index (χ3v) is 5.70. The standard InChI is InChI=1S/C12H14BrN3O3S2/c1-7-15-5-8(20-7)6-16-21(17,18)12-4-10(14)9(13)3-11(12)19-2/h3-5,16H,6,14H2,1-2H3. The molecule has 0 saturated heterocycles. The summed E-state index contributed by atoms with van der Waals surface area (Å²) in [6.07, 6.45) is 1.65. The normalized spacial score (nSPS) is 11.6. The number of anilines is 1. The lowest BCUT2D eigenvalue weighted by molar-refractivity contribution is 0.402. The number of sulfonamides is 1. The van der Waals surface area contributed by atoms with E-state index in [9.17, 15) is 8.42 Å². The molecule has 0 radical (unpaired) electrons. The lowest BCUT2D eigenvalue weighted by Crippen LogP contribution is -2.23. The van der Waals surface area contributed by atoms with Gasteiger partial charge >= 0.3 is 0 Å². The van der Waals surface area contributed by atoms with E-state index in [-0.39, 0.29) is 17.2 Å². The molecular weight excluding hydrogens is 378 g/mol. The van der Waals surface area contributed by atoms with Gasteiger partial charge in [-0.15, -0.1) is 11.3 Å². The Morgan fingerprint density at radius 1 is 1.48 bits per heavy atom. The molecular formula is C12H14BrN3O3S2. The van der Waals surface area contributed by atoms with Gasteiger partial charge in [0.2, 0.25) is 10.0 Å². The molecule has 9 heteroatoms. The molecule has 0 aliphatic heterocycles. The Morgan fingerprint density at radius 3 is 2.76 bits per heavy atom. The van der Waals surface area contributed by atoms with E-state index in [4.69, 9.17) is 10.5 Å². The molecule has 2 rings (SSSR count). The molecule has 2 aromatic rings. The van der Waals surface area contributed by atoms with Gasteiger partial charge in [0.05, 0.1) is 12.1 Å². The van der Waals surface area contributed by atoms with Gasteiger partial charge in [0.1, 0.15) is 10.6 Å². The third kappa shape index (κ3) is 3.73. The average Bonchev–Trinajstić information content (AvgIpc) is 2.85. The minimum atomic E-state index is -3.73. The topological polar surface area (TPSA) is 94.3 Å². The second-order valence-electron chi connectivity index (χ2n) is 4.19. The maximum atomic E-state index is 12.4. The first kappa shape index (κ1) is 16.2. The van der Waals surface area contributed by atoms with Crippen molar-refractivity contribution in [2.45, 2.75) is 18.4 Å². The zero-order valence-electron chi connectivity index (χ0n) is 11.4. The minimum Gasteiger partial charge on any atom is -0.495 e. The predicted octanol–water partition coefficient (Wildman–Crippen LogP) is 2.28. The van der Waals surface area contributed by atoms with Crippen molar-refractivity contribution >= 4 is 43.0 Å². The monoisotopic (exact) mass is 391 g/mol. The number of halogens is 1. The SMILES string of the molecule is COc1cc(Br)c(N)cc1S(=O)(=O)NCc1cnc(C)s1. The Morgan fingerprint density at radius 2 is 2.19 bits per heavy atom. The van der Waals surface area contributed by atoms with Gasteiger partial charge in [0, 0.05) is 27.8 Å². The van der Waals surface area contributed by atoms with Crippen molar-refractivity contribution in [1.82, 2.24) is 9.71 Å². The molecule has 0 aliphatic carbocycles. The molecule has 0 aliphatic rings. The molecule has 21 heavy (non-hydrogen) atoms. The zero-order chi connectivity index (χ0) is 15.6. The first-order chi connectivity index (χ1) is 9.83. The summed E-state index contributed by atoms with van der Waals surface area (Å²) in [5.41, 5.74) is 6.07. The summed E-state index contributed by atoms with van der Waals surface area (Å²) in [6, 6.07) is 2.89. The van der Waals surface area contributed by atoms with E-state index >= 15 is 0 Å². The molecule has 0 atom stereocenters. The van der Waals surface area contributed by atoms with Crippen LogP contribution in [0.25, 0.3) is 0 Å². The van der Waals surface area contributed by atoms with E-state index in [1.807, 2.05) is 6.92 Å². The van der Waals surface area contributed by atoms with Crippen LogP contribution < -0.4 is 15.2 Å². The maximum Gasteiger partial charge on any atom is 0.244 e. The molecule has 0 bridgehead atoms.